The zero-order chi connectivity index (χ0) is 22.6. The van der Waals surface area contributed by atoms with Crippen molar-refractivity contribution < 1.29 is 27.8 Å². The van der Waals surface area contributed by atoms with E-state index in [1.54, 1.807) is 19.1 Å². The Morgan fingerprint density at radius 1 is 1.35 bits per heavy atom. The van der Waals surface area contributed by atoms with Crippen molar-refractivity contribution >= 4 is 27.8 Å². The van der Waals surface area contributed by atoms with Gasteiger partial charge in [-0.3, -0.25) is 4.72 Å². The predicted molar refractivity (Wildman–Crippen MR) is 115 cm³/mol. The fourth-order valence-corrected chi connectivity index (χ4v) is 4.98. The van der Waals surface area contributed by atoms with Crippen molar-refractivity contribution in [2.75, 3.05) is 17.9 Å². The first kappa shape index (κ1) is 23.7. The molecule has 1 aliphatic heterocycles. The lowest BCUT2D eigenvalue weighted by Gasteiger charge is -2.36. The molecule has 3 N–H and O–H groups in total. The summed E-state index contributed by atoms with van der Waals surface area (Å²) in [6.07, 6.45) is -1.13. The van der Waals surface area contributed by atoms with E-state index < -0.39 is 29.0 Å². The second-order valence-corrected chi connectivity index (χ2v) is 9.78. The van der Waals surface area contributed by atoms with E-state index in [1.807, 2.05) is 6.92 Å². The van der Waals surface area contributed by atoms with Crippen LogP contribution in [0.3, 0.4) is 0 Å². The van der Waals surface area contributed by atoms with Crippen LogP contribution in [0.25, 0.3) is 0 Å². The molecule has 0 amide bonds. The van der Waals surface area contributed by atoms with Crippen molar-refractivity contribution in [2.24, 2.45) is 0 Å². The Morgan fingerprint density at radius 2 is 2.06 bits per heavy atom. The van der Waals surface area contributed by atoms with E-state index in [0.717, 1.165) is 12.0 Å². The third-order valence-electron chi connectivity index (χ3n) is 4.80. The van der Waals surface area contributed by atoms with Crippen molar-refractivity contribution in [1.82, 2.24) is 14.3 Å². The first-order valence-corrected chi connectivity index (χ1v) is 12.1. The maximum atomic E-state index is 13.1. The van der Waals surface area contributed by atoms with Crippen LogP contribution >= 0.6 is 11.8 Å². The molecule has 9 nitrogen and oxygen atoms in total. The molecule has 1 aromatic carbocycles. The third kappa shape index (κ3) is 6.26. The molecular formula is C19H25FN4O5S2. The number of hydrogen-bond donors (Lipinski definition) is 3. The van der Waals surface area contributed by atoms with E-state index in [9.17, 15) is 17.9 Å². The molecule has 0 aliphatic carbocycles. The standard InChI is InChI=1S/C19H25FN4O5S2/c1-12-7-8-24(12)31(27,28)23-17-9-18(29-13(2)16(26)10-25)22-19(21-17)30-11-14-3-5-15(20)6-4-14/h3-6,9,12-13,16,25-26H,7-8,10-11H2,1-2H3,(H,21,22,23)/t12?,13-,16+/m1/s1. The average Bonchev–Trinajstić information content (AvgIpc) is 2.70. The van der Waals surface area contributed by atoms with Crippen molar-refractivity contribution in [1.29, 1.82) is 0 Å². The number of rotatable bonds is 10. The van der Waals surface area contributed by atoms with Gasteiger partial charge in [0.2, 0.25) is 5.88 Å². The molecule has 0 bridgehead atoms. The number of hydrogen-bond acceptors (Lipinski definition) is 8. The van der Waals surface area contributed by atoms with Crippen LogP contribution in [0, 0.1) is 5.82 Å². The van der Waals surface area contributed by atoms with Crippen LogP contribution in [0.4, 0.5) is 10.2 Å². The second kappa shape index (κ2) is 10.1. The number of benzene rings is 1. The van der Waals surface area contributed by atoms with Crippen LogP contribution in [0.2, 0.25) is 0 Å². The van der Waals surface area contributed by atoms with Gasteiger partial charge in [-0.2, -0.15) is 17.7 Å². The highest BCUT2D eigenvalue weighted by atomic mass is 32.2. The van der Waals surface area contributed by atoms with E-state index in [0.29, 0.717) is 12.3 Å². The molecule has 1 fully saturated rings. The first-order valence-electron chi connectivity index (χ1n) is 9.69. The fourth-order valence-electron chi connectivity index (χ4n) is 2.77. The number of nitrogens with one attached hydrogen (secondary N) is 1. The first-order chi connectivity index (χ1) is 14.7. The summed E-state index contributed by atoms with van der Waals surface area (Å²) in [4.78, 5) is 8.52. The van der Waals surface area contributed by atoms with Gasteiger partial charge in [0.25, 0.3) is 0 Å². The Morgan fingerprint density at radius 3 is 2.65 bits per heavy atom. The van der Waals surface area contributed by atoms with Crippen LogP contribution in [-0.4, -0.2) is 64.3 Å². The number of halogens is 1. The van der Waals surface area contributed by atoms with Crippen LogP contribution in [0.1, 0.15) is 25.8 Å². The summed E-state index contributed by atoms with van der Waals surface area (Å²) in [5.74, 6) is 0.157. The van der Waals surface area contributed by atoms with Gasteiger partial charge in [0.05, 0.1) is 6.61 Å². The SMILES string of the molecule is CC1CCN1S(=O)(=O)Nc1cc(O[C@H](C)[C@@H](O)CO)nc(SCc2ccc(F)cc2)n1. The van der Waals surface area contributed by atoms with Crippen LogP contribution in [0.15, 0.2) is 35.5 Å². The van der Waals surface area contributed by atoms with Gasteiger partial charge in [0.1, 0.15) is 23.8 Å². The van der Waals surface area contributed by atoms with Crippen molar-refractivity contribution in [3.63, 3.8) is 0 Å². The molecule has 170 valence electrons. The van der Waals surface area contributed by atoms with Gasteiger partial charge in [0, 0.05) is 24.4 Å². The summed E-state index contributed by atoms with van der Waals surface area (Å²) >= 11 is 1.22. The molecule has 3 rings (SSSR count). The maximum Gasteiger partial charge on any atom is 0.303 e. The molecule has 1 saturated heterocycles. The number of aliphatic hydroxyl groups excluding tert-OH is 2. The molecule has 31 heavy (non-hydrogen) atoms. The Balaban J connectivity index is 1.81. The number of nitrogens with zero attached hydrogens (tertiary/aromatic N) is 3. The maximum absolute atomic E-state index is 13.1. The van der Waals surface area contributed by atoms with Gasteiger partial charge in [-0.1, -0.05) is 23.9 Å². The summed E-state index contributed by atoms with van der Waals surface area (Å²) in [6, 6.07) is 7.20. The molecule has 12 heteroatoms. The topological polar surface area (TPSA) is 125 Å². The van der Waals surface area contributed by atoms with Gasteiger partial charge >= 0.3 is 10.2 Å². The van der Waals surface area contributed by atoms with Gasteiger partial charge in [-0.15, -0.1) is 0 Å². The molecule has 1 aliphatic rings. The van der Waals surface area contributed by atoms with Crippen molar-refractivity contribution in [3.05, 3.63) is 41.7 Å². The smallest absolute Gasteiger partial charge is 0.303 e. The molecule has 0 spiro atoms. The summed E-state index contributed by atoms with van der Waals surface area (Å²) in [5.41, 5.74) is 0.835. The molecule has 2 aromatic rings. The van der Waals surface area contributed by atoms with Crippen molar-refractivity contribution in [2.45, 2.75) is 49.4 Å². The molecule has 3 atom stereocenters. The average molecular weight is 473 g/mol. The van der Waals surface area contributed by atoms with Crippen LogP contribution < -0.4 is 9.46 Å². The minimum atomic E-state index is -3.78. The summed E-state index contributed by atoms with van der Waals surface area (Å²) in [5, 5.41) is 19.1. The van der Waals surface area contributed by atoms with E-state index in [1.165, 1.54) is 34.3 Å². The number of ether oxygens (including phenoxy) is 1. The second-order valence-electron chi connectivity index (χ2n) is 7.22. The predicted octanol–water partition coefficient (Wildman–Crippen LogP) is 1.78. The lowest BCUT2D eigenvalue weighted by Crippen LogP contribution is -2.51. The van der Waals surface area contributed by atoms with E-state index in [4.69, 9.17) is 9.84 Å². The zero-order valence-electron chi connectivity index (χ0n) is 17.1. The third-order valence-corrected chi connectivity index (χ3v) is 7.35. The summed E-state index contributed by atoms with van der Waals surface area (Å²) < 4.78 is 47.7. The number of thioether (sulfide) groups is 1. The molecule has 1 aromatic heterocycles. The quantitative estimate of drug-likeness (QED) is 0.353. The van der Waals surface area contributed by atoms with E-state index in [-0.39, 0.29) is 28.7 Å². The zero-order valence-corrected chi connectivity index (χ0v) is 18.7. The molecular weight excluding hydrogens is 447 g/mol. The highest BCUT2D eigenvalue weighted by Gasteiger charge is 2.34. The normalized spacial score (nSPS) is 18.8. The van der Waals surface area contributed by atoms with Crippen LogP contribution in [0.5, 0.6) is 5.88 Å². The largest absolute Gasteiger partial charge is 0.472 e. The number of anilines is 1. The van der Waals surface area contributed by atoms with Gasteiger partial charge in [-0.25, -0.2) is 9.37 Å². The Bertz CT molecular complexity index is 993. The van der Waals surface area contributed by atoms with Crippen LogP contribution in [-0.2, 0) is 16.0 Å². The fraction of sp³-hybridized carbons (Fsp3) is 0.474. The van der Waals surface area contributed by atoms with E-state index in [2.05, 4.69) is 14.7 Å². The monoisotopic (exact) mass is 472 g/mol. The van der Waals surface area contributed by atoms with Gasteiger partial charge in [0.15, 0.2) is 5.16 Å². The molecule has 2 heterocycles. The Hall–Kier alpha value is -1.99. The number of aliphatic hydroxyl groups is 2. The minimum absolute atomic E-state index is 0.0244. The lowest BCUT2D eigenvalue weighted by atomic mass is 10.1. The Kier molecular flexibility index (Phi) is 7.70. The summed E-state index contributed by atoms with van der Waals surface area (Å²) in [6.45, 7) is 3.31. The Labute approximate surface area is 184 Å². The highest BCUT2D eigenvalue weighted by Crippen LogP contribution is 2.27. The highest BCUT2D eigenvalue weighted by molar-refractivity contribution is 7.98. The summed E-state index contributed by atoms with van der Waals surface area (Å²) in [7, 11) is -3.78. The molecule has 0 saturated carbocycles. The van der Waals surface area contributed by atoms with Gasteiger partial charge < -0.3 is 14.9 Å². The van der Waals surface area contributed by atoms with Crippen molar-refractivity contribution in [3.8, 4) is 5.88 Å². The minimum Gasteiger partial charge on any atom is -0.472 e. The molecule has 0 radical (unpaired) electrons. The number of aromatic nitrogens is 2. The van der Waals surface area contributed by atoms with Gasteiger partial charge in [-0.05, 0) is 38.0 Å². The molecule has 1 unspecified atom stereocenters. The van der Waals surface area contributed by atoms with E-state index >= 15 is 0 Å². The lowest BCUT2D eigenvalue weighted by molar-refractivity contribution is 0.00599.